The molecule has 0 saturated carbocycles. The Labute approximate surface area is 137 Å². The van der Waals surface area contributed by atoms with E-state index in [-0.39, 0.29) is 11.3 Å². The largest absolute Gasteiger partial charge is 0.478 e. The van der Waals surface area contributed by atoms with Crippen molar-refractivity contribution in [2.24, 2.45) is 14.1 Å². The fourth-order valence-corrected chi connectivity index (χ4v) is 2.00. The van der Waals surface area contributed by atoms with Crippen LogP contribution in [0.25, 0.3) is 0 Å². The summed E-state index contributed by atoms with van der Waals surface area (Å²) in [5.74, 6) is -1.23. The maximum Gasteiger partial charge on any atom is 0.339 e. The van der Waals surface area contributed by atoms with E-state index in [1.807, 2.05) is 0 Å². The van der Waals surface area contributed by atoms with E-state index in [0.717, 1.165) is 0 Å². The van der Waals surface area contributed by atoms with Gasteiger partial charge in [0.15, 0.2) is 10.6 Å². The number of Topliss-reactive ketones (excluding diaryl/α,β-unsaturated/α-hetero) is 1. The summed E-state index contributed by atoms with van der Waals surface area (Å²) in [6.45, 7) is 3.41. The van der Waals surface area contributed by atoms with Crippen LogP contribution in [0.5, 0.6) is 0 Å². The summed E-state index contributed by atoms with van der Waals surface area (Å²) in [7, 11) is 3.43. The van der Waals surface area contributed by atoms with Gasteiger partial charge in [0, 0.05) is 26.5 Å². The minimum absolute atomic E-state index is 0.266. The Morgan fingerprint density at radius 2 is 1.45 bits per heavy atom. The second kappa shape index (κ2) is 7.42. The number of aromatic carboxylic acids is 1. The van der Waals surface area contributed by atoms with Crippen molar-refractivity contribution in [3.8, 4) is 0 Å². The quantitative estimate of drug-likeness (QED) is 0.679. The SMILES string of the molecule is Cc1nn(C)cc1C(=O)C(Cl)Cl.Cc1nn(C)cc1C(=O)O. The molecule has 9 heteroatoms. The number of hydrogen-bond acceptors (Lipinski definition) is 4. The van der Waals surface area contributed by atoms with Crippen molar-refractivity contribution in [2.75, 3.05) is 0 Å². The monoisotopic (exact) mass is 346 g/mol. The minimum atomic E-state index is -1.01. The summed E-state index contributed by atoms with van der Waals surface area (Å²) in [5, 5.41) is 16.4. The summed E-state index contributed by atoms with van der Waals surface area (Å²) in [5.41, 5.74) is 1.94. The van der Waals surface area contributed by atoms with Crippen molar-refractivity contribution in [2.45, 2.75) is 18.7 Å². The van der Waals surface area contributed by atoms with E-state index in [4.69, 9.17) is 28.3 Å². The minimum Gasteiger partial charge on any atom is -0.478 e. The molecule has 0 aliphatic carbocycles. The number of rotatable bonds is 3. The second-order valence-electron chi connectivity index (χ2n) is 4.57. The predicted molar refractivity (Wildman–Crippen MR) is 82.7 cm³/mol. The molecular weight excluding hydrogens is 331 g/mol. The van der Waals surface area contributed by atoms with E-state index in [1.54, 1.807) is 38.8 Å². The van der Waals surface area contributed by atoms with Gasteiger partial charge in [0.1, 0.15) is 5.56 Å². The van der Waals surface area contributed by atoms with Crippen LogP contribution in [-0.2, 0) is 14.1 Å². The average molecular weight is 347 g/mol. The average Bonchev–Trinajstić information content (AvgIpc) is 2.91. The number of nitrogens with zero attached hydrogens (tertiary/aromatic N) is 4. The normalized spacial score (nSPS) is 10.3. The summed E-state index contributed by atoms with van der Waals surface area (Å²) in [4.78, 5) is 20.6. The van der Waals surface area contributed by atoms with E-state index in [1.165, 1.54) is 10.9 Å². The molecule has 0 unspecified atom stereocenters. The summed E-state index contributed by atoms with van der Waals surface area (Å²) >= 11 is 10.8. The van der Waals surface area contributed by atoms with E-state index in [0.29, 0.717) is 17.0 Å². The van der Waals surface area contributed by atoms with Gasteiger partial charge in [-0.3, -0.25) is 14.2 Å². The highest BCUT2D eigenvalue weighted by molar-refractivity contribution is 6.55. The molecule has 22 heavy (non-hydrogen) atoms. The maximum atomic E-state index is 11.3. The molecule has 0 saturated heterocycles. The summed E-state index contributed by atoms with van der Waals surface area (Å²) in [6.07, 6.45) is 3.09. The second-order valence-corrected chi connectivity index (χ2v) is 5.67. The molecule has 0 aromatic carbocycles. The number of carboxylic acids is 1. The molecule has 0 atom stereocenters. The molecule has 1 N–H and O–H groups in total. The van der Waals surface area contributed by atoms with Crippen LogP contribution in [0.1, 0.15) is 32.1 Å². The van der Waals surface area contributed by atoms with Gasteiger partial charge in [-0.1, -0.05) is 23.2 Å². The van der Waals surface area contributed by atoms with Gasteiger partial charge in [-0.05, 0) is 13.8 Å². The highest BCUT2D eigenvalue weighted by Gasteiger charge is 2.18. The number of aryl methyl sites for hydroxylation is 4. The lowest BCUT2D eigenvalue weighted by atomic mass is 10.2. The fourth-order valence-electron chi connectivity index (χ4n) is 1.77. The van der Waals surface area contributed by atoms with Crippen molar-refractivity contribution in [1.82, 2.24) is 19.6 Å². The molecule has 0 radical (unpaired) electrons. The van der Waals surface area contributed by atoms with Gasteiger partial charge in [0.2, 0.25) is 0 Å². The van der Waals surface area contributed by atoms with Crippen molar-refractivity contribution in [1.29, 1.82) is 0 Å². The first-order valence-electron chi connectivity index (χ1n) is 6.19. The maximum absolute atomic E-state index is 11.3. The highest BCUT2D eigenvalue weighted by Crippen LogP contribution is 2.14. The summed E-state index contributed by atoms with van der Waals surface area (Å²) in [6, 6.07) is 0. The number of hydrogen-bond donors (Lipinski definition) is 1. The van der Waals surface area contributed by atoms with Gasteiger partial charge in [0.05, 0.1) is 17.0 Å². The molecule has 0 bridgehead atoms. The van der Waals surface area contributed by atoms with E-state index in [2.05, 4.69) is 10.2 Å². The molecule has 0 aliphatic rings. The van der Waals surface area contributed by atoms with Crippen molar-refractivity contribution < 1.29 is 14.7 Å². The van der Waals surface area contributed by atoms with E-state index >= 15 is 0 Å². The standard InChI is InChI=1S/C7H8Cl2N2O.C6H8N2O2/c1-4-5(3-11(2)10-4)6(12)7(8)9;1-4-5(6(9)10)3-8(2)7-4/h3,7H,1-2H3;3H,1-2H3,(H,9,10). The molecule has 7 nitrogen and oxygen atoms in total. The molecule has 2 aromatic rings. The third-order valence-corrected chi connectivity index (χ3v) is 3.12. The Bertz CT molecular complexity index is 692. The lowest BCUT2D eigenvalue weighted by molar-refractivity contribution is 0.0695. The molecule has 0 fully saturated rings. The van der Waals surface area contributed by atoms with Crippen LogP contribution in [-0.4, -0.2) is 41.3 Å². The van der Waals surface area contributed by atoms with Crippen molar-refractivity contribution in [3.63, 3.8) is 0 Å². The first-order valence-corrected chi connectivity index (χ1v) is 7.07. The van der Waals surface area contributed by atoms with Gasteiger partial charge in [-0.25, -0.2) is 4.79 Å². The number of alkyl halides is 2. The molecule has 2 heterocycles. The van der Waals surface area contributed by atoms with E-state index in [9.17, 15) is 9.59 Å². The first-order chi connectivity index (χ1) is 10.1. The Kier molecular flexibility index (Phi) is 6.13. The van der Waals surface area contributed by atoms with Crippen LogP contribution < -0.4 is 0 Å². The van der Waals surface area contributed by atoms with Crippen LogP contribution in [0.15, 0.2) is 12.4 Å². The smallest absolute Gasteiger partial charge is 0.339 e. The van der Waals surface area contributed by atoms with Crippen LogP contribution in [0.3, 0.4) is 0 Å². The Balaban J connectivity index is 0.000000224. The van der Waals surface area contributed by atoms with Crippen LogP contribution >= 0.6 is 23.2 Å². The van der Waals surface area contributed by atoms with Gasteiger partial charge in [0.25, 0.3) is 0 Å². The van der Waals surface area contributed by atoms with Crippen molar-refractivity contribution >= 4 is 35.0 Å². The van der Waals surface area contributed by atoms with Gasteiger partial charge >= 0.3 is 5.97 Å². The highest BCUT2D eigenvalue weighted by atomic mass is 35.5. The Hall–Kier alpha value is -1.86. The third kappa shape index (κ3) is 4.57. The van der Waals surface area contributed by atoms with Gasteiger partial charge in [-0.15, -0.1) is 0 Å². The number of aromatic nitrogens is 4. The molecule has 0 spiro atoms. The lowest BCUT2D eigenvalue weighted by Crippen LogP contribution is -2.08. The molecular formula is C13H16Cl2N4O3. The zero-order valence-corrected chi connectivity index (χ0v) is 14.1. The summed E-state index contributed by atoms with van der Waals surface area (Å²) < 4.78 is 3.04. The molecule has 2 aromatic heterocycles. The zero-order valence-electron chi connectivity index (χ0n) is 12.5. The Morgan fingerprint density at radius 1 is 1.05 bits per heavy atom. The molecule has 0 amide bonds. The van der Waals surface area contributed by atoms with Crippen LogP contribution in [0, 0.1) is 13.8 Å². The number of carbonyl (C=O) groups excluding carboxylic acids is 1. The Morgan fingerprint density at radius 3 is 1.68 bits per heavy atom. The molecule has 120 valence electrons. The molecule has 0 aliphatic heterocycles. The first kappa shape index (κ1) is 18.2. The predicted octanol–water partition coefficient (Wildman–Crippen LogP) is 2.14. The van der Waals surface area contributed by atoms with Gasteiger partial charge < -0.3 is 5.11 Å². The van der Waals surface area contributed by atoms with Crippen LogP contribution in [0.2, 0.25) is 0 Å². The van der Waals surface area contributed by atoms with Crippen LogP contribution in [0.4, 0.5) is 0 Å². The van der Waals surface area contributed by atoms with Gasteiger partial charge in [-0.2, -0.15) is 10.2 Å². The number of carbonyl (C=O) groups is 2. The van der Waals surface area contributed by atoms with Crippen molar-refractivity contribution in [3.05, 3.63) is 34.9 Å². The topological polar surface area (TPSA) is 90.0 Å². The number of halogens is 2. The number of ketones is 1. The molecule has 2 rings (SSSR count). The number of carboxylic acid groups (broad SMARTS) is 1. The lowest BCUT2D eigenvalue weighted by Gasteiger charge is -1.96. The fraction of sp³-hybridized carbons (Fsp3) is 0.385. The third-order valence-electron chi connectivity index (χ3n) is 2.72. The van der Waals surface area contributed by atoms with E-state index < -0.39 is 10.8 Å². The zero-order chi connectivity index (χ0) is 17.0.